The average molecular weight is 265 g/mol. The van der Waals surface area contributed by atoms with Crippen molar-refractivity contribution >= 4 is 11.6 Å². The number of amides is 1. The maximum absolute atomic E-state index is 11.6. The molecule has 7 nitrogen and oxygen atoms in total. The number of carbonyl (C=O) groups is 1. The van der Waals surface area contributed by atoms with E-state index >= 15 is 0 Å². The number of para-hydroxylation sites is 1. The number of rotatable bonds is 4. The molecule has 2 rings (SSSR count). The molecule has 0 atom stereocenters. The highest BCUT2D eigenvalue weighted by Crippen LogP contribution is 2.15. The number of benzene rings is 1. The average Bonchev–Trinajstić information content (AvgIpc) is 2.46. The van der Waals surface area contributed by atoms with Gasteiger partial charge in [0.05, 0.1) is 0 Å². The lowest BCUT2D eigenvalue weighted by atomic mass is 10.2. The van der Waals surface area contributed by atoms with E-state index in [1.54, 1.807) is 4.90 Å². The molecule has 0 N–H and O–H groups in total. The normalized spacial score (nSPS) is 15.2. The largest absolute Gasteiger partial charge is 0.368 e. The zero-order chi connectivity index (χ0) is 13.7. The summed E-state index contributed by atoms with van der Waals surface area (Å²) in [5.74, 6) is -0.343. The first-order valence-corrected chi connectivity index (χ1v) is 6.02. The van der Waals surface area contributed by atoms with Crippen LogP contribution in [-0.4, -0.2) is 48.7 Å². The van der Waals surface area contributed by atoms with Gasteiger partial charge >= 0.3 is 0 Å². The maximum atomic E-state index is 11.6. The van der Waals surface area contributed by atoms with Crippen molar-refractivity contribution in [2.24, 2.45) is 0 Å². The lowest BCUT2D eigenvalue weighted by molar-refractivity contribution is -0.754. The van der Waals surface area contributed by atoms with Gasteiger partial charge in [0.1, 0.15) is 0 Å². The van der Waals surface area contributed by atoms with Crippen LogP contribution in [0.25, 0.3) is 0 Å². The van der Waals surface area contributed by atoms with Crippen LogP contribution in [0, 0.1) is 10.1 Å². The molecular weight excluding hydrogens is 250 g/mol. The lowest BCUT2D eigenvalue weighted by Gasteiger charge is -2.36. The molecule has 0 aliphatic carbocycles. The van der Waals surface area contributed by atoms with Gasteiger partial charge in [-0.15, -0.1) is 10.1 Å². The second kappa shape index (κ2) is 6.03. The first-order valence-electron chi connectivity index (χ1n) is 6.02. The van der Waals surface area contributed by atoms with Crippen LogP contribution >= 0.6 is 0 Å². The zero-order valence-electron chi connectivity index (χ0n) is 10.4. The monoisotopic (exact) mass is 265 g/mol. The second-order valence-electron chi connectivity index (χ2n) is 4.20. The van der Waals surface area contributed by atoms with Crippen LogP contribution < -0.4 is 4.90 Å². The maximum Gasteiger partial charge on any atom is 0.295 e. The van der Waals surface area contributed by atoms with E-state index < -0.39 is 11.7 Å². The summed E-state index contributed by atoms with van der Waals surface area (Å²) in [4.78, 5) is 29.5. The summed E-state index contributed by atoms with van der Waals surface area (Å²) in [5, 5.41) is 9.08. The van der Waals surface area contributed by atoms with Gasteiger partial charge in [-0.05, 0) is 12.1 Å². The molecule has 7 heteroatoms. The van der Waals surface area contributed by atoms with E-state index in [4.69, 9.17) is 0 Å². The Labute approximate surface area is 110 Å². The van der Waals surface area contributed by atoms with Gasteiger partial charge < -0.3 is 14.6 Å². The number of anilines is 1. The zero-order valence-corrected chi connectivity index (χ0v) is 10.4. The molecule has 1 amide bonds. The quantitative estimate of drug-likeness (QED) is 0.586. The molecule has 1 aromatic rings. The lowest BCUT2D eigenvalue weighted by Crippen LogP contribution is -2.49. The molecule has 1 heterocycles. The highest BCUT2D eigenvalue weighted by atomic mass is 16.9. The molecule has 1 fully saturated rings. The number of hydrogen-bond acceptors (Lipinski definition) is 5. The van der Waals surface area contributed by atoms with Gasteiger partial charge in [-0.25, -0.2) is 0 Å². The van der Waals surface area contributed by atoms with Crippen LogP contribution in [0.2, 0.25) is 0 Å². The Kier molecular flexibility index (Phi) is 4.17. The summed E-state index contributed by atoms with van der Waals surface area (Å²) < 4.78 is 0. The van der Waals surface area contributed by atoms with Crippen LogP contribution in [0.1, 0.15) is 0 Å². The summed E-state index contributed by atoms with van der Waals surface area (Å²) in [6.45, 7) is 2.03. The van der Waals surface area contributed by atoms with Crippen molar-refractivity contribution < 1.29 is 14.7 Å². The Bertz CT molecular complexity index is 444. The fourth-order valence-corrected chi connectivity index (χ4v) is 2.05. The molecule has 102 valence electrons. The third-order valence-electron chi connectivity index (χ3n) is 3.05. The van der Waals surface area contributed by atoms with Gasteiger partial charge in [0.25, 0.3) is 5.09 Å². The van der Waals surface area contributed by atoms with E-state index in [2.05, 4.69) is 9.74 Å². The van der Waals surface area contributed by atoms with Gasteiger partial charge in [0, 0.05) is 31.9 Å². The standard InChI is InChI=1S/C12H15N3O4/c16-12(10-19-15(17)18)14-8-6-13(7-9-14)11-4-2-1-3-5-11/h1-5H,6-10H2. The van der Waals surface area contributed by atoms with Crippen LogP contribution in [0.15, 0.2) is 30.3 Å². The number of piperazine rings is 1. The van der Waals surface area contributed by atoms with Crippen molar-refractivity contribution in [1.82, 2.24) is 4.90 Å². The Morgan fingerprint density at radius 1 is 1.21 bits per heavy atom. The molecule has 1 saturated heterocycles. The fourth-order valence-electron chi connectivity index (χ4n) is 2.05. The Hall–Kier alpha value is -2.31. The summed E-state index contributed by atoms with van der Waals surface area (Å²) in [6, 6.07) is 9.94. The molecule has 0 unspecified atom stereocenters. The van der Waals surface area contributed by atoms with Gasteiger partial charge in [-0.3, -0.25) is 4.79 Å². The Morgan fingerprint density at radius 2 is 1.84 bits per heavy atom. The van der Waals surface area contributed by atoms with Crippen molar-refractivity contribution in [3.8, 4) is 0 Å². The van der Waals surface area contributed by atoms with E-state index in [0.29, 0.717) is 26.2 Å². The van der Waals surface area contributed by atoms with Crippen LogP contribution in [0.3, 0.4) is 0 Å². The van der Waals surface area contributed by atoms with Crippen LogP contribution in [-0.2, 0) is 9.63 Å². The van der Waals surface area contributed by atoms with Crippen LogP contribution in [0.5, 0.6) is 0 Å². The molecule has 1 aliphatic heterocycles. The molecule has 0 aromatic heterocycles. The minimum absolute atomic E-state index is 0.343. The van der Waals surface area contributed by atoms with Crippen molar-refractivity contribution in [2.75, 3.05) is 37.7 Å². The topological polar surface area (TPSA) is 75.9 Å². The minimum Gasteiger partial charge on any atom is -0.368 e. The highest BCUT2D eigenvalue weighted by Gasteiger charge is 2.21. The SMILES string of the molecule is O=C(CO[N+](=O)[O-])N1CCN(c2ccccc2)CC1. The second-order valence-corrected chi connectivity index (χ2v) is 4.20. The predicted octanol–water partition coefficient (Wildman–Crippen LogP) is 0.544. The van der Waals surface area contributed by atoms with E-state index in [9.17, 15) is 14.9 Å². The first-order chi connectivity index (χ1) is 9.16. The smallest absolute Gasteiger partial charge is 0.295 e. The van der Waals surface area contributed by atoms with E-state index in [0.717, 1.165) is 5.69 Å². The van der Waals surface area contributed by atoms with E-state index in [1.165, 1.54) is 0 Å². The van der Waals surface area contributed by atoms with Crippen molar-refractivity contribution in [3.63, 3.8) is 0 Å². The van der Waals surface area contributed by atoms with Crippen molar-refractivity contribution in [2.45, 2.75) is 0 Å². The fraction of sp³-hybridized carbons (Fsp3) is 0.417. The molecule has 1 aliphatic rings. The van der Waals surface area contributed by atoms with Gasteiger partial charge in [-0.2, -0.15) is 0 Å². The molecule has 1 aromatic carbocycles. The molecule has 0 radical (unpaired) electrons. The summed E-state index contributed by atoms with van der Waals surface area (Å²) in [6.07, 6.45) is 0. The number of nitrogens with zero attached hydrogens (tertiary/aromatic N) is 3. The predicted molar refractivity (Wildman–Crippen MR) is 68.2 cm³/mol. The van der Waals surface area contributed by atoms with E-state index in [-0.39, 0.29) is 5.91 Å². The highest BCUT2D eigenvalue weighted by molar-refractivity contribution is 5.77. The third-order valence-corrected chi connectivity index (χ3v) is 3.05. The van der Waals surface area contributed by atoms with Crippen molar-refractivity contribution in [3.05, 3.63) is 40.4 Å². The summed E-state index contributed by atoms with van der Waals surface area (Å²) in [5.41, 5.74) is 1.12. The first kappa shape index (κ1) is 13.1. The van der Waals surface area contributed by atoms with Gasteiger partial charge in [0.15, 0.2) is 6.61 Å². The summed E-state index contributed by atoms with van der Waals surface area (Å²) >= 11 is 0. The van der Waals surface area contributed by atoms with Gasteiger partial charge in [0.2, 0.25) is 5.91 Å². The third kappa shape index (κ3) is 3.57. The molecular formula is C12H15N3O4. The van der Waals surface area contributed by atoms with Gasteiger partial charge in [-0.1, -0.05) is 18.2 Å². The summed E-state index contributed by atoms with van der Waals surface area (Å²) in [7, 11) is 0. The van der Waals surface area contributed by atoms with Crippen LogP contribution in [0.4, 0.5) is 5.69 Å². The number of hydrogen-bond donors (Lipinski definition) is 0. The van der Waals surface area contributed by atoms with Crippen molar-refractivity contribution in [1.29, 1.82) is 0 Å². The number of carbonyl (C=O) groups excluding carboxylic acids is 1. The van der Waals surface area contributed by atoms with E-state index in [1.807, 2.05) is 30.3 Å². The Balaban J connectivity index is 1.82. The Morgan fingerprint density at radius 3 is 2.42 bits per heavy atom. The molecule has 0 spiro atoms. The molecule has 0 bridgehead atoms. The molecule has 19 heavy (non-hydrogen) atoms. The molecule has 0 saturated carbocycles. The minimum atomic E-state index is -0.946.